The van der Waals surface area contributed by atoms with Crippen LogP contribution in [0.25, 0.3) is 0 Å². The third-order valence-electron chi connectivity index (χ3n) is 4.89. The highest BCUT2D eigenvalue weighted by Crippen LogP contribution is 2.37. The minimum atomic E-state index is 0.691. The second-order valence-electron chi connectivity index (χ2n) is 7.06. The third kappa shape index (κ3) is 4.75. The van der Waals surface area contributed by atoms with E-state index in [-0.39, 0.29) is 0 Å². The molecule has 1 nitrogen and oxygen atoms in total. The fourth-order valence-electron chi connectivity index (χ4n) is 3.64. The molecule has 1 aromatic carbocycles. The van der Waals surface area contributed by atoms with Gasteiger partial charge in [0.05, 0.1) is 0 Å². The zero-order chi connectivity index (χ0) is 15.4. The molecule has 3 atom stereocenters. The molecule has 1 N–H and O–H groups in total. The van der Waals surface area contributed by atoms with Crippen molar-refractivity contribution < 1.29 is 0 Å². The van der Waals surface area contributed by atoms with E-state index in [1.54, 1.807) is 0 Å². The maximum absolute atomic E-state index is 3.55. The van der Waals surface area contributed by atoms with E-state index in [4.69, 9.17) is 0 Å². The summed E-state index contributed by atoms with van der Waals surface area (Å²) in [5.41, 5.74) is 4.26. The van der Waals surface area contributed by atoms with Crippen molar-refractivity contribution in [2.45, 2.75) is 64.0 Å². The lowest BCUT2D eigenvalue weighted by atomic mass is 9.79. The van der Waals surface area contributed by atoms with Gasteiger partial charge in [-0.3, -0.25) is 0 Å². The van der Waals surface area contributed by atoms with E-state index in [0.29, 0.717) is 6.04 Å². The first-order chi connectivity index (χ1) is 9.99. The van der Waals surface area contributed by atoms with E-state index in [1.165, 1.54) is 36.0 Å². The van der Waals surface area contributed by atoms with Gasteiger partial charge in [0.1, 0.15) is 0 Å². The third-order valence-corrected chi connectivity index (χ3v) is 6.34. The summed E-state index contributed by atoms with van der Waals surface area (Å²) in [6.45, 7) is 9.17. The largest absolute Gasteiger partial charge is 0.316 e. The molecule has 1 saturated carbocycles. The van der Waals surface area contributed by atoms with E-state index in [2.05, 4.69) is 70.0 Å². The summed E-state index contributed by atoms with van der Waals surface area (Å²) < 4.78 is 0. The summed E-state index contributed by atoms with van der Waals surface area (Å²) in [7, 11) is 2.13. The van der Waals surface area contributed by atoms with Crippen LogP contribution in [0.5, 0.6) is 0 Å². The Balaban J connectivity index is 1.98. The molecule has 0 spiro atoms. The average molecular weight is 306 g/mol. The van der Waals surface area contributed by atoms with Crippen LogP contribution in [-0.2, 0) is 5.75 Å². The van der Waals surface area contributed by atoms with E-state index in [9.17, 15) is 0 Å². The van der Waals surface area contributed by atoms with Crippen LogP contribution in [0.15, 0.2) is 18.2 Å². The average Bonchev–Trinajstić information content (AvgIpc) is 2.43. The Morgan fingerprint density at radius 1 is 1.14 bits per heavy atom. The molecule has 0 amide bonds. The molecule has 2 heteroatoms. The summed E-state index contributed by atoms with van der Waals surface area (Å²) in [4.78, 5) is 0. The molecule has 0 aliphatic heterocycles. The van der Waals surface area contributed by atoms with Crippen LogP contribution < -0.4 is 5.32 Å². The van der Waals surface area contributed by atoms with Crippen molar-refractivity contribution in [2.75, 3.05) is 7.05 Å². The van der Waals surface area contributed by atoms with E-state index in [1.807, 2.05) is 0 Å². The lowest BCUT2D eigenvalue weighted by Crippen LogP contribution is -2.41. The Bertz CT molecular complexity index is 435. The molecular weight excluding hydrogens is 274 g/mol. The van der Waals surface area contributed by atoms with Crippen molar-refractivity contribution in [2.24, 2.45) is 11.8 Å². The van der Waals surface area contributed by atoms with Gasteiger partial charge in [-0.1, -0.05) is 43.2 Å². The molecule has 2 rings (SSSR count). The summed E-state index contributed by atoms with van der Waals surface area (Å²) in [5, 5.41) is 4.31. The SMILES string of the molecule is CNC1CCC(C(C)C)CC1SCc1cc(C)cc(C)c1. The Hall–Kier alpha value is -0.470. The number of benzene rings is 1. The molecule has 1 fully saturated rings. The number of hydrogen-bond acceptors (Lipinski definition) is 2. The second-order valence-corrected chi connectivity index (χ2v) is 8.29. The van der Waals surface area contributed by atoms with Gasteiger partial charge in [0.25, 0.3) is 0 Å². The summed E-state index contributed by atoms with van der Waals surface area (Å²) in [5.74, 6) is 2.88. The maximum Gasteiger partial charge on any atom is 0.0207 e. The first-order valence-electron chi connectivity index (χ1n) is 8.35. The molecular formula is C19H31NS. The first kappa shape index (κ1) is 16.9. The van der Waals surface area contributed by atoms with E-state index < -0.39 is 0 Å². The number of aryl methyl sites for hydroxylation is 2. The predicted molar refractivity (Wildman–Crippen MR) is 96.0 cm³/mol. The normalized spacial score (nSPS) is 26.3. The van der Waals surface area contributed by atoms with Gasteiger partial charge >= 0.3 is 0 Å². The molecule has 3 unspecified atom stereocenters. The minimum absolute atomic E-state index is 0.691. The molecule has 0 saturated heterocycles. The van der Waals surface area contributed by atoms with Crippen molar-refractivity contribution in [3.05, 3.63) is 34.9 Å². The van der Waals surface area contributed by atoms with Crippen LogP contribution in [0.1, 0.15) is 49.8 Å². The second kappa shape index (κ2) is 7.69. The van der Waals surface area contributed by atoms with Crippen molar-refractivity contribution in [3.63, 3.8) is 0 Å². The van der Waals surface area contributed by atoms with Crippen molar-refractivity contribution in [1.82, 2.24) is 5.32 Å². The summed E-state index contributed by atoms with van der Waals surface area (Å²) in [6, 6.07) is 7.64. The molecule has 21 heavy (non-hydrogen) atoms. The number of thioether (sulfide) groups is 1. The van der Waals surface area contributed by atoms with Gasteiger partial charge in [0, 0.05) is 17.0 Å². The number of rotatable bonds is 5. The van der Waals surface area contributed by atoms with Crippen LogP contribution in [0.3, 0.4) is 0 Å². The highest BCUT2D eigenvalue weighted by Gasteiger charge is 2.31. The predicted octanol–water partition coefficient (Wildman–Crippen LogP) is 4.95. The molecule has 1 aliphatic carbocycles. The smallest absolute Gasteiger partial charge is 0.0207 e. The number of nitrogens with one attached hydrogen (secondary N) is 1. The minimum Gasteiger partial charge on any atom is -0.316 e. The molecule has 0 aromatic heterocycles. The summed E-state index contributed by atoms with van der Waals surface area (Å²) in [6.07, 6.45) is 4.10. The Morgan fingerprint density at radius 2 is 1.81 bits per heavy atom. The number of hydrogen-bond donors (Lipinski definition) is 1. The van der Waals surface area contributed by atoms with Crippen LogP contribution in [0.2, 0.25) is 0 Å². The fraction of sp³-hybridized carbons (Fsp3) is 0.684. The Morgan fingerprint density at radius 3 is 2.38 bits per heavy atom. The van der Waals surface area contributed by atoms with Crippen LogP contribution >= 0.6 is 11.8 Å². The van der Waals surface area contributed by atoms with Gasteiger partial charge in [-0.15, -0.1) is 0 Å². The highest BCUT2D eigenvalue weighted by atomic mass is 32.2. The van der Waals surface area contributed by atoms with Crippen molar-refractivity contribution >= 4 is 11.8 Å². The monoisotopic (exact) mass is 305 g/mol. The van der Waals surface area contributed by atoms with Gasteiger partial charge in [-0.2, -0.15) is 11.8 Å². The zero-order valence-electron chi connectivity index (χ0n) is 14.3. The molecule has 0 bridgehead atoms. The van der Waals surface area contributed by atoms with Gasteiger partial charge in [-0.25, -0.2) is 0 Å². The Labute approximate surface area is 135 Å². The maximum atomic E-state index is 3.55. The van der Waals surface area contributed by atoms with Crippen LogP contribution in [-0.4, -0.2) is 18.3 Å². The van der Waals surface area contributed by atoms with Gasteiger partial charge in [0.2, 0.25) is 0 Å². The standard InChI is InChI=1S/C19H31NS/c1-13(2)17-6-7-18(20-5)19(11-17)21-12-16-9-14(3)8-15(4)10-16/h8-10,13,17-20H,6-7,11-12H2,1-5H3. The molecule has 0 radical (unpaired) electrons. The van der Waals surface area contributed by atoms with E-state index in [0.717, 1.165) is 22.8 Å². The fourth-order valence-corrected chi connectivity index (χ4v) is 5.10. The lowest BCUT2D eigenvalue weighted by molar-refractivity contribution is 0.251. The van der Waals surface area contributed by atoms with Gasteiger partial charge < -0.3 is 5.32 Å². The van der Waals surface area contributed by atoms with Crippen LogP contribution in [0.4, 0.5) is 0 Å². The van der Waals surface area contributed by atoms with Crippen molar-refractivity contribution in [1.29, 1.82) is 0 Å². The van der Waals surface area contributed by atoms with Gasteiger partial charge in [-0.05, 0) is 57.6 Å². The lowest BCUT2D eigenvalue weighted by Gasteiger charge is -2.37. The van der Waals surface area contributed by atoms with Gasteiger partial charge in [0.15, 0.2) is 0 Å². The molecule has 0 heterocycles. The highest BCUT2D eigenvalue weighted by molar-refractivity contribution is 7.99. The van der Waals surface area contributed by atoms with Crippen molar-refractivity contribution in [3.8, 4) is 0 Å². The summed E-state index contributed by atoms with van der Waals surface area (Å²) >= 11 is 2.16. The Kier molecular flexibility index (Phi) is 6.19. The molecule has 1 aliphatic rings. The first-order valence-corrected chi connectivity index (χ1v) is 9.40. The zero-order valence-corrected chi connectivity index (χ0v) is 15.1. The quantitative estimate of drug-likeness (QED) is 0.826. The molecule has 118 valence electrons. The van der Waals surface area contributed by atoms with Crippen LogP contribution in [0, 0.1) is 25.7 Å². The van der Waals surface area contributed by atoms with E-state index >= 15 is 0 Å². The molecule has 1 aromatic rings. The topological polar surface area (TPSA) is 12.0 Å².